The summed E-state index contributed by atoms with van der Waals surface area (Å²) in [4.78, 5) is 0. The summed E-state index contributed by atoms with van der Waals surface area (Å²) in [7, 11) is 0. The molecule has 2 rings (SSSR count). The minimum absolute atomic E-state index is 0.866. The number of hydrogen-bond donors (Lipinski definition) is 0. The van der Waals surface area contributed by atoms with Crippen molar-refractivity contribution < 1.29 is 4.74 Å². The molecular formula is C15H14Br2O. The van der Waals surface area contributed by atoms with Crippen LogP contribution in [0.25, 0.3) is 0 Å². The van der Waals surface area contributed by atoms with Crippen molar-refractivity contribution >= 4 is 31.9 Å². The molecule has 0 saturated heterocycles. The second-order valence-electron chi connectivity index (χ2n) is 4.25. The Labute approximate surface area is 124 Å². The van der Waals surface area contributed by atoms with Crippen LogP contribution in [-0.4, -0.2) is 0 Å². The van der Waals surface area contributed by atoms with E-state index in [2.05, 4.69) is 57.8 Å². The molecule has 0 unspecified atom stereocenters. The first-order valence-corrected chi connectivity index (χ1v) is 7.61. The molecule has 0 radical (unpaired) electrons. The van der Waals surface area contributed by atoms with Crippen LogP contribution in [0.5, 0.6) is 11.5 Å². The maximum absolute atomic E-state index is 5.91. The molecule has 0 aromatic heterocycles. The van der Waals surface area contributed by atoms with Crippen molar-refractivity contribution in [3.8, 4) is 11.5 Å². The van der Waals surface area contributed by atoms with Gasteiger partial charge in [0.05, 0.1) is 0 Å². The summed E-state index contributed by atoms with van der Waals surface area (Å²) in [5.41, 5.74) is 3.57. The first-order chi connectivity index (χ1) is 8.60. The molecule has 0 aliphatic carbocycles. The molecule has 0 amide bonds. The highest BCUT2D eigenvalue weighted by molar-refractivity contribution is 9.10. The average molecular weight is 370 g/mol. The van der Waals surface area contributed by atoms with E-state index in [-0.39, 0.29) is 0 Å². The Morgan fingerprint density at radius 1 is 1.00 bits per heavy atom. The van der Waals surface area contributed by atoms with E-state index >= 15 is 0 Å². The predicted molar refractivity (Wildman–Crippen MR) is 82.8 cm³/mol. The summed E-state index contributed by atoms with van der Waals surface area (Å²) in [5.74, 6) is 1.77. The molecule has 0 atom stereocenters. The Bertz CT molecular complexity index is 564. The highest BCUT2D eigenvalue weighted by atomic mass is 79.9. The summed E-state index contributed by atoms with van der Waals surface area (Å²) in [6.45, 7) is 4.12. The van der Waals surface area contributed by atoms with Crippen LogP contribution in [0.3, 0.4) is 0 Å². The van der Waals surface area contributed by atoms with Crippen molar-refractivity contribution in [2.24, 2.45) is 0 Å². The van der Waals surface area contributed by atoms with Gasteiger partial charge in [-0.15, -0.1) is 0 Å². The second-order valence-corrected chi connectivity index (χ2v) is 5.66. The fourth-order valence-corrected chi connectivity index (χ4v) is 2.31. The van der Waals surface area contributed by atoms with Crippen LogP contribution in [0.2, 0.25) is 0 Å². The maximum atomic E-state index is 5.91. The molecule has 2 aromatic carbocycles. The van der Waals surface area contributed by atoms with Crippen LogP contribution in [0.1, 0.15) is 16.7 Å². The third-order valence-corrected chi connectivity index (χ3v) is 4.29. The van der Waals surface area contributed by atoms with Gasteiger partial charge in [-0.25, -0.2) is 0 Å². The predicted octanol–water partition coefficient (Wildman–Crippen LogP) is 5.75. The Kier molecular flexibility index (Phi) is 4.46. The molecule has 0 fully saturated rings. The SMILES string of the molecule is Cc1cc(Oc2ccc(CBr)cc2C)ccc1Br. The topological polar surface area (TPSA) is 9.23 Å². The Morgan fingerprint density at radius 3 is 2.39 bits per heavy atom. The van der Waals surface area contributed by atoms with E-state index < -0.39 is 0 Å². The molecule has 2 aromatic rings. The monoisotopic (exact) mass is 368 g/mol. The largest absolute Gasteiger partial charge is 0.457 e. The lowest BCUT2D eigenvalue weighted by atomic mass is 10.1. The molecule has 94 valence electrons. The number of alkyl halides is 1. The maximum Gasteiger partial charge on any atom is 0.130 e. The lowest BCUT2D eigenvalue weighted by molar-refractivity contribution is 0.478. The van der Waals surface area contributed by atoms with Gasteiger partial charge in [0, 0.05) is 9.80 Å². The van der Waals surface area contributed by atoms with Gasteiger partial charge in [-0.3, -0.25) is 0 Å². The lowest BCUT2D eigenvalue weighted by Crippen LogP contribution is -1.90. The molecule has 0 aliphatic rings. The van der Waals surface area contributed by atoms with Gasteiger partial charge in [-0.05, 0) is 54.8 Å². The van der Waals surface area contributed by atoms with Crippen LogP contribution in [0, 0.1) is 13.8 Å². The van der Waals surface area contributed by atoms with Crippen LogP contribution < -0.4 is 4.74 Å². The Hall–Kier alpha value is -0.800. The average Bonchev–Trinajstić information content (AvgIpc) is 2.36. The number of halogens is 2. The molecule has 0 bridgehead atoms. The van der Waals surface area contributed by atoms with Gasteiger partial charge in [-0.1, -0.05) is 44.0 Å². The summed E-state index contributed by atoms with van der Waals surface area (Å²) in [6, 6.07) is 12.2. The molecule has 3 heteroatoms. The fraction of sp³-hybridized carbons (Fsp3) is 0.200. The summed E-state index contributed by atoms with van der Waals surface area (Å²) >= 11 is 6.94. The molecule has 18 heavy (non-hydrogen) atoms. The van der Waals surface area contributed by atoms with Crippen LogP contribution in [0.4, 0.5) is 0 Å². The van der Waals surface area contributed by atoms with Crippen molar-refractivity contribution in [2.75, 3.05) is 0 Å². The normalized spacial score (nSPS) is 10.4. The second kappa shape index (κ2) is 5.89. The van der Waals surface area contributed by atoms with Crippen molar-refractivity contribution in [2.45, 2.75) is 19.2 Å². The molecule has 0 spiro atoms. The molecule has 0 saturated carbocycles. The van der Waals surface area contributed by atoms with E-state index in [4.69, 9.17) is 4.74 Å². The summed E-state index contributed by atoms with van der Waals surface area (Å²) in [6.07, 6.45) is 0. The Balaban J connectivity index is 2.25. The number of rotatable bonds is 3. The van der Waals surface area contributed by atoms with Gasteiger partial charge in [0.25, 0.3) is 0 Å². The third kappa shape index (κ3) is 3.15. The Morgan fingerprint density at radius 2 is 1.78 bits per heavy atom. The standard InChI is InChI=1S/C15H14Br2O/c1-10-8-13(4-5-14(10)17)18-15-6-3-12(9-16)7-11(15)2/h3-8H,9H2,1-2H3. The highest BCUT2D eigenvalue weighted by Gasteiger charge is 2.04. The smallest absolute Gasteiger partial charge is 0.130 e. The van der Waals surface area contributed by atoms with Gasteiger partial charge >= 0.3 is 0 Å². The van der Waals surface area contributed by atoms with E-state index in [0.29, 0.717) is 0 Å². The van der Waals surface area contributed by atoms with Gasteiger partial charge in [0.15, 0.2) is 0 Å². The molecule has 1 nitrogen and oxygen atoms in total. The van der Waals surface area contributed by atoms with Crippen molar-refractivity contribution in [1.29, 1.82) is 0 Å². The van der Waals surface area contributed by atoms with Crippen LogP contribution in [-0.2, 0) is 5.33 Å². The first kappa shape index (κ1) is 13.6. The summed E-state index contributed by atoms with van der Waals surface area (Å²) < 4.78 is 7.01. The number of ether oxygens (including phenoxy) is 1. The zero-order valence-corrected chi connectivity index (χ0v) is 13.5. The van der Waals surface area contributed by atoms with E-state index in [1.165, 1.54) is 11.1 Å². The van der Waals surface area contributed by atoms with Gasteiger partial charge < -0.3 is 4.74 Å². The minimum Gasteiger partial charge on any atom is -0.457 e. The first-order valence-electron chi connectivity index (χ1n) is 5.69. The van der Waals surface area contributed by atoms with Crippen LogP contribution >= 0.6 is 31.9 Å². The highest BCUT2D eigenvalue weighted by Crippen LogP contribution is 2.29. The van der Waals surface area contributed by atoms with E-state index in [9.17, 15) is 0 Å². The number of hydrogen-bond acceptors (Lipinski definition) is 1. The van der Waals surface area contributed by atoms with E-state index in [0.717, 1.165) is 26.9 Å². The third-order valence-electron chi connectivity index (χ3n) is 2.75. The lowest BCUT2D eigenvalue weighted by Gasteiger charge is -2.10. The minimum atomic E-state index is 0.866. The molecule has 0 N–H and O–H groups in total. The number of aryl methyl sites for hydroxylation is 2. The molecule has 0 heterocycles. The van der Waals surface area contributed by atoms with Gasteiger partial charge in [-0.2, -0.15) is 0 Å². The van der Waals surface area contributed by atoms with Crippen molar-refractivity contribution in [3.05, 3.63) is 57.6 Å². The van der Waals surface area contributed by atoms with Crippen LogP contribution in [0.15, 0.2) is 40.9 Å². The zero-order chi connectivity index (χ0) is 13.1. The van der Waals surface area contributed by atoms with Crippen molar-refractivity contribution in [3.63, 3.8) is 0 Å². The quantitative estimate of drug-likeness (QED) is 0.625. The van der Waals surface area contributed by atoms with E-state index in [1.807, 2.05) is 24.3 Å². The zero-order valence-electron chi connectivity index (χ0n) is 10.3. The molecular weight excluding hydrogens is 356 g/mol. The van der Waals surface area contributed by atoms with Crippen molar-refractivity contribution in [1.82, 2.24) is 0 Å². The van der Waals surface area contributed by atoms with Gasteiger partial charge in [0.1, 0.15) is 11.5 Å². The van der Waals surface area contributed by atoms with Gasteiger partial charge in [0.2, 0.25) is 0 Å². The summed E-state index contributed by atoms with van der Waals surface area (Å²) in [5, 5.41) is 0.867. The number of benzene rings is 2. The van der Waals surface area contributed by atoms with E-state index in [1.54, 1.807) is 0 Å². The fourth-order valence-electron chi connectivity index (χ4n) is 1.72. The molecule has 0 aliphatic heterocycles.